The maximum atomic E-state index is 13.2. The number of benzene rings is 1. The summed E-state index contributed by atoms with van der Waals surface area (Å²) in [5.41, 5.74) is 1.71. The summed E-state index contributed by atoms with van der Waals surface area (Å²) in [5.74, 6) is 0.784. The van der Waals surface area contributed by atoms with E-state index in [2.05, 4.69) is 15.0 Å². The SMILES string of the molecule is O/N=C(/c1cccnc1OC1CCCC1)N1CCN(c2ccc(F)cc2)CC1. The molecular weight excluding hydrogens is 359 g/mol. The largest absolute Gasteiger partial charge is 0.474 e. The lowest BCUT2D eigenvalue weighted by molar-refractivity contribution is 0.200. The van der Waals surface area contributed by atoms with Crippen LogP contribution >= 0.6 is 0 Å². The minimum atomic E-state index is -0.233. The average molecular weight is 384 g/mol. The van der Waals surface area contributed by atoms with Crippen molar-refractivity contribution in [2.75, 3.05) is 31.1 Å². The summed E-state index contributed by atoms with van der Waals surface area (Å²) in [6.07, 6.45) is 6.33. The molecule has 4 rings (SSSR count). The smallest absolute Gasteiger partial charge is 0.224 e. The van der Waals surface area contributed by atoms with Gasteiger partial charge in [0.25, 0.3) is 0 Å². The number of ether oxygens (including phenoxy) is 1. The van der Waals surface area contributed by atoms with Crippen molar-refractivity contribution in [2.24, 2.45) is 5.16 Å². The Kier molecular flexibility index (Phi) is 5.60. The number of halogens is 1. The summed E-state index contributed by atoms with van der Waals surface area (Å²) in [6.45, 7) is 2.89. The fourth-order valence-electron chi connectivity index (χ4n) is 3.93. The van der Waals surface area contributed by atoms with Crippen LogP contribution in [0.3, 0.4) is 0 Å². The summed E-state index contributed by atoms with van der Waals surface area (Å²) >= 11 is 0. The van der Waals surface area contributed by atoms with Gasteiger partial charge in [-0.1, -0.05) is 5.16 Å². The quantitative estimate of drug-likeness (QED) is 0.378. The van der Waals surface area contributed by atoms with Crippen molar-refractivity contribution in [3.63, 3.8) is 0 Å². The van der Waals surface area contributed by atoms with Gasteiger partial charge >= 0.3 is 0 Å². The lowest BCUT2D eigenvalue weighted by Gasteiger charge is -2.37. The normalized spacial score (nSPS) is 18.5. The Balaban J connectivity index is 1.46. The highest BCUT2D eigenvalue weighted by atomic mass is 19.1. The topological polar surface area (TPSA) is 61.2 Å². The zero-order valence-corrected chi connectivity index (χ0v) is 15.8. The highest BCUT2D eigenvalue weighted by molar-refractivity contribution is 6.00. The van der Waals surface area contributed by atoms with Crippen molar-refractivity contribution in [3.05, 3.63) is 54.0 Å². The zero-order valence-electron chi connectivity index (χ0n) is 15.8. The minimum Gasteiger partial charge on any atom is -0.474 e. The van der Waals surface area contributed by atoms with E-state index >= 15 is 0 Å². The van der Waals surface area contributed by atoms with Crippen molar-refractivity contribution in [2.45, 2.75) is 31.8 Å². The van der Waals surface area contributed by atoms with Crippen molar-refractivity contribution in [1.82, 2.24) is 9.88 Å². The number of anilines is 1. The second-order valence-electron chi connectivity index (χ2n) is 7.25. The number of hydrogen-bond acceptors (Lipinski definition) is 5. The van der Waals surface area contributed by atoms with Gasteiger partial charge in [0.05, 0.1) is 5.56 Å². The van der Waals surface area contributed by atoms with Crippen molar-refractivity contribution < 1.29 is 14.3 Å². The fourth-order valence-corrected chi connectivity index (χ4v) is 3.93. The predicted octanol–water partition coefficient (Wildman–Crippen LogP) is 3.50. The van der Waals surface area contributed by atoms with E-state index in [0.717, 1.165) is 31.6 Å². The van der Waals surface area contributed by atoms with Gasteiger partial charge in [-0.2, -0.15) is 0 Å². The summed E-state index contributed by atoms with van der Waals surface area (Å²) in [6, 6.07) is 10.3. The first-order chi connectivity index (χ1) is 13.7. The molecule has 2 heterocycles. The van der Waals surface area contributed by atoms with E-state index in [4.69, 9.17) is 4.74 Å². The molecule has 1 saturated carbocycles. The van der Waals surface area contributed by atoms with Crippen LogP contribution in [0.2, 0.25) is 0 Å². The third-order valence-electron chi connectivity index (χ3n) is 5.46. The molecule has 1 saturated heterocycles. The molecular formula is C21H25FN4O2. The molecule has 6 nitrogen and oxygen atoms in total. The maximum Gasteiger partial charge on any atom is 0.224 e. The van der Waals surface area contributed by atoms with Crippen molar-refractivity contribution in [1.29, 1.82) is 0 Å². The Hall–Kier alpha value is -2.83. The van der Waals surface area contributed by atoms with Gasteiger partial charge in [-0.25, -0.2) is 9.37 Å². The van der Waals surface area contributed by atoms with Crippen LogP contribution < -0.4 is 9.64 Å². The van der Waals surface area contributed by atoms with Crippen LogP contribution in [0.5, 0.6) is 5.88 Å². The zero-order chi connectivity index (χ0) is 19.3. The molecule has 2 fully saturated rings. The molecule has 0 unspecified atom stereocenters. The van der Waals surface area contributed by atoms with Gasteiger partial charge in [0, 0.05) is 38.1 Å². The van der Waals surface area contributed by atoms with Gasteiger partial charge in [-0.05, 0) is 62.1 Å². The van der Waals surface area contributed by atoms with Crippen LogP contribution in [-0.4, -0.2) is 53.2 Å². The molecule has 1 aromatic heterocycles. The van der Waals surface area contributed by atoms with E-state index in [1.54, 1.807) is 18.3 Å². The van der Waals surface area contributed by atoms with E-state index in [1.807, 2.05) is 17.0 Å². The van der Waals surface area contributed by atoms with E-state index in [0.29, 0.717) is 30.4 Å². The second kappa shape index (κ2) is 8.46. The molecule has 1 aromatic carbocycles. The van der Waals surface area contributed by atoms with Crippen molar-refractivity contribution >= 4 is 11.5 Å². The minimum absolute atomic E-state index is 0.184. The standard InChI is InChI=1S/C21H25FN4O2/c22-16-7-9-17(10-8-16)25-12-14-26(15-13-25)20(24-27)19-6-3-11-23-21(19)28-18-4-1-2-5-18/h3,6-11,18,27H,1-2,4-5,12-15H2/b24-20-. The Morgan fingerprint density at radius 1 is 1.07 bits per heavy atom. The van der Waals surface area contributed by atoms with E-state index in [9.17, 15) is 9.60 Å². The first-order valence-electron chi connectivity index (χ1n) is 9.84. The maximum absolute atomic E-state index is 13.2. The van der Waals surface area contributed by atoms with Gasteiger partial charge in [-0.15, -0.1) is 0 Å². The molecule has 0 bridgehead atoms. The second-order valence-corrected chi connectivity index (χ2v) is 7.25. The fraction of sp³-hybridized carbons (Fsp3) is 0.429. The molecule has 0 radical (unpaired) electrons. The monoisotopic (exact) mass is 384 g/mol. The number of pyridine rings is 1. The summed E-state index contributed by atoms with van der Waals surface area (Å²) in [4.78, 5) is 8.63. The number of nitrogens with zero attached hydrogens (tertiary/aromatic N) is 4. The third kappa shape index (κ3) is 4.03. The molecule has 2 aliphatic rings. The van der Waals surface area contributed by atoms with Gasteiger partial charge in [0.1, 0.15) is 11.9 Å². The van der Waals surface area contributed by atoms with Gasteiger partial charge in [0.15, 0.2) is 5.84 Å². The van der Waals surface area contributed by atoms with Gasteiger partial charge in [-0.3, -0.25) is 0 Å². The van der Waals surface area contributed by atoms with Crippen LogP contribution in [-0.2, 0) is 0 Å². The van der Waals surface area contributed by atoms with Crippen LogP contribution in [0, 0.1) is 5.82 Å². The number of rotatable bonds is 4. The Bertz CT molecular complexity index is 813. The van der Waals surface area contributed by atoms with E-state index in [-0.39, 0.29) is 11.9 Å². The molecule has 0 spiro atoms. The highest BCUT2D eigenvalue weighted by Gasteiger charge is 2.26. The predicted molar refractivity (Wildman–Crippen MR) is 106 cm³/mol. The molecule has 0 atom stereocenters. The Morgan fingerprint density at radius 3 is 2.46 bits per heavy atom. The van der Waals surface area contributed by atoms with Gasteiger partial charge in [0.2, 0.25) is 5.88 Å². The lowest BCUT2D eigenvalue weighted by Crippen LogP contribution is -2.49. The Morgan fingerprint density at radius 2 is 1.79 bits per heavy atom. The number of amidine groups is 1. The number of aromatic nitrogens is 1. The lowest BCUT2D eigenvalue weighted by atomic mass is 10.2. The average Bonchev–Trinajstić information content (AvgIpc) is 3.24. The summed E-state index contributed by atoms with van der Waals surface area (Å²) < 4.78 is 19.3. The molecule has 28 heavy (non-hydrogen) atoms. The first-order valence-corrected chi connectivity index (χ1v) is 9.84. The number of piperazine rings is 1. The summed E-state index contributed by atoms with van der Waals surface area (Å²) in [5, 5.41) is 13.3. The summed E-state index contributed by atoms with van der Waals surface area (Å²) in [7, 11) is 0. The molecule has 2 aromatic rings. The molecule has 1 aliphatic heterocycles. The van der Waals surface area contributed by atoms with Crippen molar-refractivity contribution in [3.8, 4) is 5.88 Å². The van der Waals surface area contributed by atoms with Crippen LogP contribution in [0.15, 0.2) is 47.8 Å². The molecule has 1 N–H and O–H groups in total. The van der Waals surface area contributed by atoms with E-state index < -0.39 is 0 Å². The first kappa shape index (κ1) is 18.5. The van der Waals surface area contributed by atoms with Gasteiger partial charge < -0.3 is 19.7 Å². The molecule has 7 heteroatoms. The molecule has 148 valence electrons. The number of oxime groups is 1. The third-order valence-corrected chi connectivity index (χ3v) is 5.46. The number of hydrogen-bond donors (Lipinski definition) is 1. The van der Waals surface area contributed by atoms with Crippen LogP contribution in [0.25, 0.3) is 0 Å². The Labute approximate surface area is 164 Å². The highest BCUT2D eigenvalue weighted by Crippen LogP contribution is 2.26. The van der Waals surface area contributed by atoms with Crippen LogP contribution in [0.4, 0.5) is 10.1 Å². The van der Waals surface area contributed by atoms with E-state index in [1.165, 1.54) is 25.0 Å². The molecule has 0 amide bonds. The van der Waals surface area contributed by atoms with Crippen LogP contribution in [0.1, 0.15) is 31.2 Å². The molecule has 1 aliphatic carbocycles.